The minimum absolute atomic E-state index is 0.495. The summed E-state index contributed by atoms with van der Waals surface area (Å²) in [5, 5.41) is 13.2. The summed E-state index contributed by atoms with van der Waals surface area (Å²) in [6.07, 6.45) is 2.24. The molecular formula is C7H5N3O5. The Kier molecular flexibility index (Phi) is 1.80. The Morgan fingerprint density at radius 1 is 1.27 bits per heavy atom. The summed E-state index contributed by atoms with van der Waals surface area (Å²) in [5.74, 6) is -2.89. The highest BCUT2D eigenvalue weighted by Crippen LogP contribution is 2.21. The lowest BCUT2D eigenvalue weighted by Crippen LogP contribution is -2.64. The van der Waals surface area contributed by atoms with Crippen LogP contribution in [0.1, 0.15) is 5.89 Å². The number of oxazole rings is 1. The third-order valence-electron chi connectivity index (χ3n) is 1.85. The number of aliphatic hydroxyl groups is 1. The van der Waals surface area contributed by atoms with Crippen LogP contribution in [0.25, 0.3) is 0 Å². The maximum Gasteiger partial charge on any atom is 0.328 e. The van der Waals surface area contributed by atoms with E-state index >= 15 is 0 Å². The van der Waals surface area contributed by atoms with Crippen LogP contribution in [-0.2, 0) is 15.2 Å². The average Bonchev–Trinajstić information content (AvgIpc) is 2.66. The number of imide groups is 2. The second-order valence-electron chi connectivity index (χ2n) is 2.79. The van der Waals surface area contributed by atoms with Crippen molar-refractivity contribution in [1.82, 2.24) is 15.6 Å². The SMILES string of the molecule is O=C1NC(=O)C(O)(c2ncco2)C(=O)N1. The van der Waals surface area contributed by atoms with E-state index in [-0.39, 0.29) is 0 Å². The summed E-state index contributed by atoms with van der Waals surface area (Å²) >= 11 is 0. The Morgan fingerprint density at radius 3 is 2.33 bits per heavy atom. The van der Waals surface area contributed by atoms with E-state index in [0.29, 0.717) is 0 Å². The average molecular weight is 211 g/mol. The lowest BCUT2D eigenvalue weighted by atomic mass is 10.0. The Labute approximate surface area is 82.3 Å². The van der Waals surface area contributed by atoms with Gasteiger partial charge in [0.15, 0.2) is 0 Å². The summed E-state index contributed by atoms with van der Waals surface area (Å²) in [6.45, 7) is 0. The monoisotopic (exact) mass is 211 g/mol. The standard InChI is InChI=1S/C7H5N3O5/c11-3-7(14,5-8-1-2-15-5)4(12)10-6(13)9-3/h1-2,14H,(H2,9,10,11,12,13). The van der Waals surface area contributed by atoms with Crippen molar-refractivity contribution in [3.8, 4) is 0 Å². The van der Waals surface area contributed by atoms with Gasteiger partial charge in [0.1, 0.15) is 6.26 Å². The molecule has 4 amide bonds. The van der Waals surface area contributed by atoms with Crippen LogP contribution in [0, 0.1) is 0 Å². The molecule has 0 bridgehead atoms. The molecule has 15 heavy (non-hydrogen) atoms. The van der Waals surface area contributed by atoms with Crippen LogP contribution >= 0.6 is 0 Å². The number of aromatic nitrogens is 1. The van der Waals surface area contributed by atoms with Crippen molar-refractivity contribution in [1.29, 1.82) is 0 Å². The van der Waals surface area contributed by atoms with Crippen molar-refractivity contribution in [2.45, 2.75) is 5.60 Å². The first-order valence-corrected chi connectivity index (χ1v) is 3.84. The van der Waals surface area contributed by atoms with Gasteiger partial charge in [-0.25, -0.2) is 9.78 Å². The highest BCUT2D eigenvalue weighted by atomic mass is 16.4. The van der Waals surface area contributed by atoms with Crippen LogP contribution in [-0.4, -0.2) is 27.9 Å². The summed E-state index contributed by atoms with van der Waals surface area (Å²) in [4.78, 5) is 36.8. The number of amides is 4. The van der Waals surface area contributed by atoms with Gasteiger partial charge in [0.25, 0.3) is 17.4 Å². The van der Waals surface area contributed by atoms with E-state index in [1.165, 1.54) is 0 Å². The zero-order chi connectivity index (χ0) is 11.1. The van der Waals surface area contributed by atoms with Crippen LogP contribution in [0.2, 0.25) is 0 Å². The predicted octanol–water partition coefficient (Wildman–Crippen LogP) is -1.77. The molecule has 0 aliphatic carbocycles. The van der Waals surface area contributed by atoms with Crippen LogP contribution in [0.4, 0.5) is 4.79 Å². The lowest BCUT2D eigenvalue weighted by molar-refractivity contribution is -0.158. The number of nitrogens with zero attached hydrogens (tertiary/aromatic N) is 1. The molecule has 8 nitrogen and oxygen atoms in total. The largest absolute Gasteiger partial charge is 0.445 e. The maximum atomic E-state index is 11.3. The van der Waals surface area contributed by atoms with Gasteiger partial charge >= 0.3 is 6.03 Å². The first-order valence-electron chi connectivity index (χ1n) is 3.84. The molecule has 1 aromatic heterocycles. The minimum Gasteiger partial charge on any atom is -0.445 e. The van der Waals surface area contributed by atoms with E-state index < -0.39 is 29.3 Å². The highest BCUT2D eigenvalue weighted by Gasteiger charge is 2.54. The van der Waals surface area contributed by atoms with Crippen molar-refractivity contribution in [3.63, 3.8) is 0 Å². The topological polar surface area (TPSA) is 122 Å². The van der Waals surface area contributed by atoms with Crippen LogP contribution in [0.5, 0.6) is 0 Å². The van der Waals surface area contributed by atoms with Crippen molar-refractivity contribution >= 4 is 17.8 Å². The molecule has 0 spiro atoms. The number of carbonyl (C=O) groups excluding carboxylic acids is 3. The second kappa shape index (κ2) is 2.89. The lowest BCUT2D eigenvalue weighted by Gasteiger charge is -2.25. The molecule has 0 saturated carbocycles. The normalized spacial score (nSPS) is 19.7. The van der Waals surface area contributed by atoms with Crippen molar-refractivity contribution in [3.05, 3.63) is 18.4 Å². The summed E-state index contributed by atoms with van der Waals surface area (Å²) in [6, 6.07) is -0.999. The number of carbonyl (C=O) groups is 3. The Bertz CT molecular complexity index is 417. The first-order chi connectivity index (χ1) is 7.05. The quantitative estimate of drug-likeness (QED) is 0.472. The molecule has 8 heteroatoms. The number of hydrogen-bond acceptors (Lipinski definition) is 6. The fourth-order valence-electron chi connectivity index (χ4n) is 1.12. The maximum absolute atomic E-state index is 11.3. The first kappa shape index (κ1) is 9.34. The molecule has 78 valence electrons. The van der Waals surface area contributed by atoms with Gasteiger partial charge in [0.2, 0.25) is 5.89 Å². The second-order valence-corrected chi connectivity index (χ2v) is 2.79. The summed E-state index contributed by atoms with van der Waals surface area (Å²) < 4.78 is 4.66. The van der Waals surface area contributed by atoms with Gasteiger partial charge in [-0.2, -0.15) is 0 Å². The molecule has 0 unspecified atom stereocenters. The number of hydrogen-bond donors (Lipinski definition) is 3. The van der Waals surface area contributed by atoms with Gasteiger partial charge in [0, 0.05) is 0 Å². The molecule has 2 rings (SSSR count). The van der Waals surface area contributed by atoms with Crippen molar-refractivity contribution < 1.29 is 23.9 Å². The molecule has 1 aliphatic heterocycles. The van der Waals surface area contributed by atoms with Crippen LogP contribution in [0.3, 0.4) is 0 Å². The van der Waals surface area contributed by atoms with E-state index in [1.54, 1.807) is 10.6 Å². The van der Waals surface area contributed by atoms with Crippen molar-refractivity contribution in [2.75, 3.05) is 0 Å². The Hall–Kier alpha value is -2.22. The molecule has 1 saturated heterocycles. The Balaban J connectivity index is 2.46. The van der Waals surface area contributed by atoms with Gasteiger partial charge in [-0.3, -0.25) is 20.2 Å². The number of urea groups is 1. The van der Waals surface area contributed by atoms with E-state index in [2.05, 4.69) is 9.40 Å². The zero-order valence-electron chi connectivity index (χ0n) is 7.18. The van der Waals surface area contributed by atoms with E-state index in [9.17, 15) is 19.5 Å². The molecule has 1 aliphatic rings. The number of nitrogens with one attached hydrogen (secondary N) is 2. The number of barbiturate groups is 1. The van der Waals surface area contributed by atoms with E-state index in [0.717, 1.165) is 12.5 Å². The third kappa shape index (κ3) is 1.19. The van der Waals surface area contributed by atoms with Gasteiger partial charge in [-0.05, 0) is 0 Å². The smallest absolute Gasteiger partial charge is 0.328 e. The van der Waals surface area contributed by atoms with Gasteiger partial charge in [-0.1, -0.05) is 0 Å². The molecule has 3 N–H and O–H groups in total. The fourth-order valence-corrected chi connectivity index (χ4v) is 1.12. The van der Waals surface area contributed by atoms with Gasteiger partial charge in [-0.15, -0.1) is 0 Å². The molecule has 0 radical (unpaired) electrons. The summed E-state index contributed by atoms with van der Waals surface area (Å²) in [7, 11) is 0. The zero-order valence-corrected chi connectivity index (χ0v) is 7.18. The van der Waals surface area contributed by atoms with Crippen LogP contribution in [0.15, 0.2) is 16.9 Å². The highest BCUT2D eigenvalue weighted by molar-refractivity contribution is 6.21. The molecule has 1 fully saturated rings. The fraction of sp³-hybridized carbons (Fsp3) is 0.143. The minimum atomic E-state index is -2.60. The molecular weight excluding hydrogens is 206 g/mol. The molecule has 0 atom stereocenters. The molecule has 2 heterocycles. The molecule has 1 aromatic rings. The Morgan fingerprint density at radius 2 is 1.87 bits per heavy atom. The number of rotatable bonds is 1. The van der Waals surface area contributed by atoms with Crippen LogP contribution < -0.4 is 10.6 Å². The van der Waals surface area contributed by atoms with Gasteiger partial charge in [0.05, 0.1) is 6.20 Å². The van der Waals surface area contributed by atoms with Gasteiger partial charge < -0.3 is 9.52 Å². The molecule has 0 aromatic carbocycles. The van der Waals surface area contributed by atoms with E-state index in [4.69, 9.17) is 0 Å². The van der Waals surface area contributed by atoms with Crippen molar-refractivity contribution in [2.24, 2.45) is 0 Å². The summed E-state index contributed by atoms with van der Waals surface area (Å²) in [5.41, 5.74) is -2.60. The van der Waals surface area contributed by atoms with E-state index in [1.807, 2.05) is 0 Å². The predicted molar refractivity (Wildman–Crippen MR) is 42.1 cm³/mol. The third-order valence-corrected chi connectivity index (χ3v) is 1.85.